The summed E-state index contributed by atoms with van der Waals surface area (Å²) in [7, 11) is 1.55. The number of nitrogens with one attached hydrogen (secondary N) is 2. The molecule has 29 heavy (non-hydrogen) atoms. The van der Waals surface area contributed by atoms with Crippen molar-refractivity contribution in [2.45, 2.75) is 6.92 Å². The number of aromatic nitrogens is 2. The predicted octanol–water partition coefficient (Wildman–Crippen LogP) is 3.56. The lowest BCUT2D eigenvalue weighted by atomic mass is 10.2. The number of anilines is 3. The lowest BCUT2D eigenvalue weighted by Crippen LogP contribution is -2.16. The van der Waals surface area contributed by atoms with Gasteiger partial charge in [0.15, 0.2) is 11.5 Å². The Morgan fingerprint density at radius 1 is 1.03 bits per heavy atom. The van der Waals surface area contributed by atoms with Crippen LogP contribution in [0.2, 0.25) is 0 Å². The van der Waals surface area contributed by atoms with Crippen molar-refractivity contribution in [3.05, 3.63) is 60.0 Å². The van der Waals surface area contributed by atoms with Crippen LogP contribution in [0, 0.1) is 6.92 Å². The van der Waals surface area contributed by atoms with Crippen LogP contribution < -0.4 is 24.8 Å². The van der Waals surface area contributed by atoms with E-state index >= 15 is 0 Å². The number of methoxy groups -OCH3 is 1. The fraction of sp³-hybridized carbons (Fsp3) is 0.190. The molecule has 2 heterocycles. The number of nitrogens with zero attached hydrogens (tertiary/aromatic N) is 2. The zero-order chi connectivity index (χ0) is 20.2. The molecule has 0 unspecified atom stereocenters. The maximum atomic E-state index is 12.7. The average Bonchev–Trinajstić information content (AvgIpc) is 2.73. The molecule has 1 aliphatic rings. The van der Waals surface area contributed by atoms with Gasteiger partial charge >= 0.3 is 0 Å². The third kappa shape index (κ3) is 4.21. The Morgan fingerprint density at radius 2 is 1.83 bits per heavy atom. The van der Waals surface area contributed by atoms with Gasteiger partial charge in [-0.1, -0.05) is 12.1 Å². The van der Waals surface area contributed by atoms with Crippen LogP contribution in [0.1, 0.15) is 16.3 Å². The standard InChI is InChI=1S/C21H20N4O4/c1-13-22-16(21(26)25-15-5-3-4-6-17(15)27-2)12-20(23-13)24-14-7-8-18-19(11-14)29-10-9-28-18/h3-8,11-12H,9-10H2,1-2H3,(H,25,26)(H,22,23,24). The van der Waals surface area contributed by atoms with Gasteiger partial charge in [0.25, 0.3) is 5.91 Å². The van der Waals surface area contributed by atoms with Crippen molar-refractivity contribution in [2.24, 2.45) is 0 Å². The smallest absolute Gasteiger partial charge is 0.274 e. The lowest BCUT2D eigenvalue weighted by Gasteiger charge is -2.19. The number of hydrogen-bond acceptors (Lipinski definition) is 7. The Hall–Kier alpha value is -3.81. The second kappa shape index (κ2) is 8.05. The highest BCUT2D eigenvalue weighted by molar-refractivity contribution is 6.04. The molecule has 0 bridgehead atoms. The van der Waals surface area contributed by atoms with Crippen LogP contribution in [0.5, 0.6) is 17.2 Å². The lowest BCUT2D eigenvalue weighted by molar-refractivity contribution is 0.102. The molecule has 1 amide bonds. The topological polar surface area (TPSA) is 94.6 Å². The second-order valence-electron chi connectivity index (χ2n) is 6.32. The van der Waals surface area contributed by atoms with E-state index in [1.807, 2.05) is 30.3 Å². The molecule has 0 saturated heterocycles. The van der Waals surface area contributed by atoms with E-state index in [9.17, 15) is 4.79 Å². The average molecular weight is 392 g/mol. The summed E-state index contributed by atoms with van der Waals surface area (Å²) in [5.74, 6) is 2.56. The van der Waals surface area contributed by atoms with Crippen LogP contribution >= 0.6 is 0 Å². The monoisotopic (exact) mass is 392 g/mol. The SMILES string of the molecule is COc1ccccc1NC(=O)c1cc(Nc2ccc3c(c2)OCCO3)nc(C)n1. The highest BCUT2D eigenvalue weighted by atomic mass is 16.6. The number of aryl methyl sites for hydroxylation is 1. The van der Waals surface area contributed by atoms with Gasteiger partial charge in [-0.3, -0.25) is 4.79 Å². The molecule has 0 aliphatic carbocycles. The summed E-state index contributed by atoms with van der Waals surface area (Å²) in [5.41, 5.74) is 1.57. The van der Waals surface area contributed by atoms with Crippen molar-refractivity contribution >= 4 is 23.1 Å². The summed E-state index contributed by atoms with van der Waals surface area (Å²) in [6.45, 7) is 2.78. The molecule has 2 N–H and O–H groups in total. The van der Waals surface area contributed by atoms with E-state index in [2.05, 4.69) is 20.6 Å². The van der Waals surface area contributed by atoms with Gasteiger partial charge in [0.05, 0.1) is 12.8 Å². The largest absolute Gasteiger partial charge is 0.495 e. The minimum atomic E-state index is -0.356. The molecule has 0 atom stereocenters. The Labute approximate surface area is 167 Å². The van der Waals surface area contributed by atoms with E-state index < -0.39 is 0 Å². The maximum Gasteiger partial charge on any atom is 0.274 e. The third-order valence-electron chi connectivity index (χ3n) is 4.24. The molecule has 148 valence electrons. The minimum Gasteiger partial charge on any atom is -0.495 e. The van der Waals surface area contributed by atoms with E-state index in [0.29, 0.717) is 47.8 Å². The van der Waals surface area contributed by atoms with Crippen molar-refractivity contribution in [3.8, 4) is 17.2 Å². The first kappa shape index (κ1) is 18.5. The normalized spacial score (nSPS) is 12.2. The number of carbonyl (C=O) groups excluding carboxylic acids is 1. The van der Waals surface area contributed by atoms with Gasteiger partial charge < -0.3 is 24.8 Å². The van der Waals surface area contributed by atoms with Crippen molar-refractivity contribution in [1.82, 2.24) is 9.97 Å². The highest BCUT2D eigenvalue weighted by Crippen LogP contribution is 2.33. The molecule has 8 nitrogen and oxygen atoms in total. The van der Waals surface area contributed by atoms with E-state index in [4.69, 9.17) is 14.2 Å². The number of rotatable bonds is 5. The van der Waals surface area contributed by atoms with Crippen LogP contribution in [0.15, 0.2) is 48.5 Å². The van der Waals surface area contributed by atoms with Gasteiger partial charge in [0, 0.05) is 17.8 Å². The van der Waals surface area contributed by atoms with Crippen molar-refractivity contribution in [3.63, 3.8) is 0 Å². The van der Waals surface area contributed by atoms with E-state index in [-0.39, 0.29) is 11.6 Å². The third-order valence-corrected chi connectivity index (χ3v) is 4.24. The molecule has 3 aromatic rings. The fourth-order valence-electron chi connectivity index (χ4n) is 2.95. The van der Waals surface area contributed by atoms with Gasteiger partial charge in [-0.2, -0.15) is 0 Å². The summed E-state index contributed by atoms with van der Waals surface area (Å²) in [6.07, 6.45) is 0. The fourth-order valence-corrected chi connectivity index (χ4v) is 2.95. The summed E-state index contributed by atoms with van der Waals surface area (Å²) in [4.78, 5) is 21.3. The van der Waals surface area contributed by atoms with Crippen LogP contribution in [0.25, 0.3) is 0 Å². The number of amides is 1. The Morgan fingerprint density at radius 3 is 2.66 bits per heavy atom. The summed E-state index contributed by atoms with van der Waals surface area (Å²) in [6, 6.07) is 14.3. The first-order valence-electron chi connectivity index (χ1n) is 9.09. The van der Waals surface area contributed by atoms with E-state index in [1.165, 1.54) is 0 Å². The molecule has 0 radical (unpaired) electrons. The first-order valence-corrected chi connectivity index (χ1v) is 9.09. The molecule has 1 aliphatic heterocycles. The quantitative estimate of drug-likeness (QED) is 0.685. The second-order valence-corrected chi connectivity index (χ2v) is 6.32. The van der Waals surface area contributed by atoms with Crippen LogP contribution in [-0.4, -0.2) is 36.2 Å². The molecular formula is C21H20N4O4. The van der Waals surface area contributed by atoms with Gasteiger partial charge in [-0.15, -0.1) is 0 Å². The van der Waals surface area contributed by atoms with Crippen molar-refractivity contribution < 1.29 is 19.0 Å². The van der Waals surface area contributed by atoms with Gasteiger partial charge in [-0.25, -0.2) is 9.97 Å². The van der Waals surface area contributed by atoms with E-state index in [1.54, 1.807) is 32.2 Å². The molecule has 2 aromatic carbocycles. The van der Waals surface area contributed by atoms with Crippen molar-refractivity contribution in [2.75, 3.05) is 31.0 Å². The zero-order valence-corrected chi connectivity index (χ0v) is 16.1. The zero-order valence-electron chi connectivity index (χ0n) is 16.1. The van der Waals surface area contributed by atoms with E-state index in [0.717, 1.165) is 5.69 Å². The number of hydrogen-bond donors (Lipinski definition) is 2. The van der Waals surface area contributed by atoms with Crippen LogP contribution in [0.3, 0.4) is 0 Å². The summed E-state index contributed by atoms with van der Waals surface area (Å²) >= 11 is 0. The number of ether oxygens (including phenoxy) is 3. The first-order chi connectivity index (χ1) is 14.1. The molecule has 4 rings (SSSR count). The van der Waals surface area contributed by atoms with Crippen LogP contribution in [-0.2, 0) is 0 Å². The van der Waals surface area contributed by atoms with Gasteiger partial charge in [0.2, 0.25) is 0 Å². The number of benzene rings is 2. The Bertz CT molecular complexity index is 1050. The Kier molecular flexibility index (Phi) is 5.15. The number of para-hydroxylation sites is 2. The number of fused-ring (bicyclic) bond motifs is 1. The maximum absolute atomic E-state index is 12.7. The molecule has 1 aromatic heterocycles. The summed E-state index contributed by atoms with van der Waals surface area (Å²) in [5, 5.41) is 6.00. The predicted molar refractivity (Wildman–Crippen MR) is 108 cm³/mol. The van der Waals surface area contributed by atoms with Gasteiger partial charge in [0.1, 0.15) is 36.3 Å². The Balaban J connectivity index is 1.55. The number of carbonyl (C=O) groups is 1. The molecule has 0 spiro atoms. The molecule has 0 fully saturated rings. The molecule has 0 saturated carbocycles. The van der Waals surface area contributed by atoms with Crippen molar-refractivity contribution in [1.29, 1.82) is 0 Å². The molecular weight excluding hydrogens is 372 g/mol. The molecule has 8 heteroatoms. The summed E-state index contributed by atoms with van der Waals surface area (Å²) < 4.78 is 16.4. The highest BCUT2D eigenvalue weighted by Gasteiger charge is 2.15. The van der Waals surface area contributed by atoms with Crippen LogP contribution in [0.4, 0.5) is 17.2 Å². The minimum absolute atomic E-state index is 0.239. The van der Waals surface area contributed by atoms with Gasteiger partial charge in [-0.05, 0) is 31.2 Å².